The molecule has 0 fully saturated rings. The highest BCUT2D eigenvalue weighted by Crippen LogP contribution is 2.28. The van der Waals surface area contributed by atoms with Crippen LogP contribution in [0.1, 0.15) is 11.3 Å². The molecule has 0 bridgehead atoms. The Balaban J connectivity index is 1.48. The quantitative estimate of drug-likeness (QED) is 0.451. The van der Waals surface area contributed by atoms with E-state index >= 15 is 0 Å². The minimum absolute atomic E-state index is 0.0836. The van der Waals surface area contributed by atoms with E-state index in [-0.39, 0.29) is 23.1 Å². The number of ether oxygens (including phenoxy) is 1. The molecule has 8 nitrogen and oxygen atoms in total. The molecule has 0 aliphatic rings. The molecule has 4 aromatic rings. The Morgan fingerprint density at radius 2 is 1.85 bits per heavy atom. The van der Waals surface area contributed by atoms with Crippen LogP contribution in [0.15, 0.2) is 65.8 Å². The lowest BCUT2D eigenvalue weighted by molar-refractivity contribution is -0.137. The number of nitrogens with one attached hydrogen (secondary N) is 1. The van der Waals surface area contributed by atoms with Crippen molar-refractivity contribution in [2.24, 2.45) is 0 Å². The molecule has 0 saturated heterocycles. The summed E-state index contributed by atoms with van der Waals surface area (Å²) in [7, 11) is 1.59. The lowest BCUT2D eigenvalue weighted by Gasteiger charge is -2.10. The number of halogens is 4. The maximum absolute atomic E-state index is 12.7. The second kappa shape index (κ2) is 8.94. The zero-order valence-electron chi connectivity index (χ0n) is 17.0. The molecule has 1 N–H and O–H groups in total. The van der Waals surface area contributed by atoms with Gasteiger partial charge in [-0.2, -0.15) is 28.1 Å². The van der Waals surface area contributed by atoms with Gasteiger partial charge in [0.05, 0.1) is 42.5 Å². The summed E-state index contributed by atoms with van der Waals surface area (Å²) in [5, 5.41) is 11.2. The summed E-state index contributed by atoms with van der Waals surface area (Å²) in [6, 6.07) is 11.0. The van der Waals surface area contributed by atoms with Gasteiger partial charge in [0, 0.05) is 12.4 Å². The first-order valence-electron chi connectivity index (χ1n) is 9.50. The molecule has 3 aromatic heterocycles. The summed E-state index contributed by atoms with van der Waals surface area (Å²) in [5.41, 5.74) is 0.114. The summed E-state index contributed by atoms with van der Waals surface area (Å²) >= 11 is 6.17. The summed E-state index contributed by atoms with van der Waals surface area (Å²) in [5.74, 6) is 0.649. The van der Waals surface area contributed by atoms with Crippen LogP contribution in [0.25, 0.3) is 11.5 Å². The minimum atomic E-state index is -4.53. The van der Waals surface area contributed by atoms with Crippen LogP contribution in [0.5, 0.6) is 5.75 Å². The Hall–Kier alpha value is -3.86. The molecule has 0 spiro atoms. The monoisotopic (exact) mass is 476 g/mol. The predicted molar refractivity (Wildman–Crippen MR) is 115 cm³/mol. The highest BCUT2D eigenvalue weighted by atomic mass is 35.5. The number of methoxy groups -OCH3 is 1. The van der Waals surface area contributed by atoms with Crippen molar-refractivity contribution >= 4 is 17.3 Å². The van der Waals surface area contributed by atoms with Crippen LogP contribution >= 0.6 is 11.6 Å². The van der Waals surface area contributed by atoms with E-state index in [1.165, 1.54) is 6.20 Å². The molecule has 33 heavy (non-hydrogen) atoms. The normalized spacial score (nSPS) is 11.4. The van der Waals surface area contributed by atoms with Gasteiger partial charge in [-0.25, -0.2) is 9.67 Å². The number of rotatable bonds is 6. The van der Waals surface area contributed by atoms with Crippen LogP contribution < -0.4 is 15.6 Å². The van der Waals surface area contributed by atoms with Crippen molar-refractivity contribution in [2.45, 2.75) is 12.7 Å². The van der Waals surface area contributed by atoms with Gasteiger partial charge < -0.3 is 10.1 Å². The third-order valence-corrected chi connectivity index (χ3v) is 5.02. The van der Waals surface area contributed by atoms with E-state index in [1.54, 1.807) is 24.1 Å². The lowest BCUT2D eigenvalue weighted by Crippen LogP contribution is -2.23. The van der Waals surface area contributed by atoms with E-state index in [0.717, 1.165) is 28.3 Å². The molecule has 12 heteroatoms. The van der Waals surface area contributed by atoms with Gasteiger partial charge in [-0.05, 0) is 42.5 Å². The fraction of sp³-hybridized carbons (Fsp3) is 0.143. The van der Waals surface area contributed by atoms with Gasteiger partial charge in [-0.15, -0.1) is 0 Å². The van der Waals surface area contributed by atoms with E-state index in [4.69, 9.17) is 16.3 Å². The minimum Gasteiger partial charge on any atom is -0.497 e. The number of aromatic nitrogens is 5. The fourth-order valence-corrected chi connectivity index (χ4v) is 3.11. The van der Waals surface area contributed by atoms with Crippen LogP contribution in [0.3, 0.4) is 0 Å². The smallest absolute Gasteiger partial charge is 0.417 e. The van der Waals surface area contributed by atoms with Crippen LogP contribution in [-0.2, 0) is 12.7 Å². The Labute approximate surface area is 190 Å². The number of benzene rings is 1. The molecule has 0 amide bonds. The molecular formula is C21H16ClF3N6O2. The van der Waals surface area contributed by atoms with Gasteiger partial charge in [-0.1, -0.05) is 11.6 Å². The summed E-state index contributed by atoms with van der Waals surface area (Å²) in [4.78, 5) is 16.2. The summed E-state index contributed by atoms with van der Waals surface area (Å²) in [6.45, 7) is 0.256. The molecule has 0 aliphatic carbocycles. The van der Waals surface area contributed by atoms with Crippen molar-refractivity contribution in [3.05, 3.63) is 87.7 Å². The van der Waals surface area contributed by atoms with E-state index in [2.05, 4.69) is 20.5 Å². The highest BCUT2D eigenvalue weighted by Gasteiger charge is 2.30. The molecule has 1 aromatic carbocycles. The maximum Gasteiger partial charge on any atom is 0.417 e. The number of pyridine rings is 1. The molecule has 0 radical (unpaired) electrons. The van der Waals surface area contributed by atoms with Crippen LogP contribution in [0.4, 0.5) is 18.9 Å². The van der Waals surface area contributed by atoms with Gasteiger partial charge in [-0.3, -0.25) is 4.79 Å². The predicted octanol–water partition coefficient (Wildman–Crippen LogP) is 4.11. The average Bonchev–Trinajstić information content (AvgIpc) is 3.29. The van der Waals surface area contributed by atoms with Crippen molar-refractivity contribution < 1.29 is 17.9 Å². The number of hydrogen-bond acceptors (Lipinski definition) is 6. The fourth-order valence-electron chi connectivity index (χ4n) is 2.92. The van der Waals surface area contributed by atoms with Crippen LogP contribution in [-0.4, -0.2) is 31.7 Å². The molecule has 170 valence electrons. The first-order chi connectivity index (χ1) is 15.8. The highest BCUT2D eigenvalue weighted by molar-refractivity contribution is 6.32. The lowest BCUT2D eigenvalue weighted by atomic mass is 10.3. The van der Waals surface area contributed by atoms with Gasteiger partial charge >= 0.3 is 6.18 Å². The molecule has 0 atom stereocenters. The van der Waals surface area contributed by atoms with E-state index in [1.807, 2.05) is 24.3 Å². The zero-order chi connectivity index (χ0) is 23.6. The van der Waals surface area contributed by atoms with Gasteiger partial charge in [0.1, 0.15) is 10.8 Å². The van der Waals surface area contributed by atoms with E-state index < -0.39 is 17.3 Å². The van der Waals surface area contributed by atoms with Crippen molar-refractivity contribution in [1.29, 1.82) is 0 Å². The first kappa shape index (κ1) is 22.3. The number of alkyl halides is 3. The second-order valence-electron chi connectivity index (χ2n) is 6.80. The first-order valence-corrected chi connectivity index (χ1v) is 9.88. The molecular weight excluding hydrogens is 461 g/mol. The van der Waals surface area contributed by atoms with E-state index in [9.17, 15) is 18.0 Å². The summed E-state index contributed by atoms with van der Waals surface area (Å²) in [6.07, 6.45) is -0.825. The average molecular weight is 477 g/mol. The zero-order valence-corrected chi connectivity index (χ0v) is 17.8. The molecule has 0 saturated carbocycles. The van der Waals surface area contributed by atoms with E-state index in [0.29, 0.717) is 11.9 Å². The summed E-state index contributed by atoms with van der Waals surface area (Å²) < 4.78 is 45.8. The number of nitrogens with zero attached hydrogens (tertiary/aromatic N) is 5. The second-order valence-corrected chi connectivity index (χ2v) is 7.17. The maximum atomic E-state index is 12.7. The number of anilines is 1. The SMILES string of the molecule is COc1ccc(-n2ccc(CNc3cnn(-c4ccc(C(F)(F)F)cn4)c(=O)c3Cl)n2)cc1. The van der Waals surface area contributed by atoms with Gasteiger partial charge in [0.2, 0.25) is 0 Å². The van der Waals surface area contributed by atoms with Crippen LogP contribution in [0, 0.1) is 0 Å². The Morgan fingerprint density at radius 3 is 2.48 bits per heavy atom. The molecule has 0 unspecified atom stereocenters. The Bertz CT molecular complexity index is 1320. The molecule has 3 heterocycles. The van der Waals surface area contributed by atoms with Crippen molar-refractivity contribution in [3.63, 3.8) is 0 Å². The third-order valence-electron chi connectivity index (χ3n) is 4.65. The van der Waals surface area contributed by atoms with Crippen LogP contribution in [0.2, 0.25) is 5.02 Å². The van der Waals surface area contributed by atoms with Crippen molar-refractivity contribution in [3.8, 4) is 17.3 Å². The third kappa shape index (κ3) is 4.82. The largest absolute Gasteiger partial charge is 0.497 e. The topological polar surface area (TPSA) is 86.9 Å². The number of hydrogen-bond donors (Lipinski definition) is 1. The molecule has 4 rings (SSSR count). The van der Waals surface area contributed by atoms with Crippen molar-refractivity contribution in [2.75, 3.05) is 12.4 Å². The van der Waals surface area contributed by atoms with Gasteiger partial charge in [0.25, 0.3) is 5.56 Å². The van der Waals surface area contributed by atoms with Crippen molar-refractivity contribution in [1.82, 2.24) is 24.5 Å². The van der Waals surface area contributed by atoms with Gasteiger partial charge in [0.15, 0.2) is 5.82 Å². The molecule has 0 aliphatic heterocycles. The standard InChI is InChI=1S/C21H16ClF3N6O2/c1-33-16-5-3-15(4-6-16)30-9-8-14(29-30)11-26-17-12-28-31(20(32)19(17)22)18-7-2-13(10-27-18)21(23,24)25/h2-10,12,26H,11H2,1H3. The Kier molecular flexibility index (Phi) is 6.05. The Morgan fingerprint density at radius 1 is 1.09 bits per heavy atom.